The number of hydrogen-bond acceptors (Lipinski definition) is 5. The van der Waals surface area contributed by atoms with Crippen molar-refractivity contribution in [1.29, 1.82) is 0 Å². The van der Waals surface area contributed by atoms with E-state index in [4.69, 9.17) is 4.74 Å². The molecule has 0 aliphatic heterocycles. The lowest BCUT2D eigenvalue weighted by atomic mass is 10.1. The van der Waals surface area contributed by atoms with Crippen LogP contribution in [-0.2, 0) is 0 Å². The van der Waals surface area contributed by atoms with Crippen molar-refractivity contribution in [1.82, 2.24) is 24.7 Å². The van der Waals surface area contributed by atoms with E-state index in [1.807, 2.05) is 10.7 Å². The van der Waals surface area contributed by atoms with Gasteiger partial charge in [-0.3, -0.25) is 0 Å². The second-order valence-electron chi connectivity index (χ2n) is 4.88. The normalized spacial score (nSPS) is 14.7. The number of pyridine rings is 1. The molecule has 1 aliphatic carbocycles. The van der Waals surface area contributed by atoms with Crippen LogP contribution in [0.4, 0.5) is 0 Å². The van der Waals surface area contributed by atoms with Gasteiger partial charge in [-0.15, -0.1) is 0 Å². The Bertz CT molecular complexity index is 778. The third-order valence-electron chi connectivity index (χ3n) is 3.59. The Balaban J connectivity index is 2.01. The standard InChI is InChI=1S/C14H13N5O/c1-20-14-13(10(4-5-16-14)9-2-3-9)19-12-7-15-8-17-11(12)6-18-19/h4-9H,2-3H2,1H3. The number of hydrogen-bond donors (Lipinski definition) is 0. The largest absolute Gasteiger partial charge is 0.479 e. The Morgan fingerprint density at radius 3 is 2.95 bits per heavy atom. The Hall–Kier alpha value is -2.50. The fourth-order valence-electron chi connectivity index (χ4n) is 2.48. The van der Waals surface area contributed by atoms with Gasteiger partial charge in [0.05, 0.1) is 19.5 Å². The molecule has 0 N–H and O–H groups in total. The van der Waals surface area contributed by atoms with Gasteiger partial charge in [0.1, 0.15) is 23.0 Å². The summed E-state index contributed by atoms with van der Waals surface area (Å²) in [5, 5.41) is 4.44. The predicted octanol–water partition coefficient (Wildman–Crippen LogP) is 2.10. The third-order valence-corrected chi connectivity index (χ3v) is 3.59. The van der Waals surface area contributed by atoms with Crippen LogP contribution >= 0.6 is 0 Å². The summed E-state index contributed by atoms with van der Waals surface area (Å²) in [6.45, 7) is 0. The molecule has 0 saturated heterocycles. The van der Waals surface area contributed by atoms with Crippen molar-refractivity contribution in [2.45, 2.75) is 18.8 Å². The SMILES string of the molecule is COc1nccc(C2CC2)c1-n1ncc2ncncc21. The van der Waals surface area contributed by atoms with E-state index in [2.05, 4.69) is 20.1 Å². The molecule has 0 atom stereocenters. The fourth-order valence-corrected chi connectivity index (χ4v) is 2.48. The summed E-state index contributed by atoms with van der Waals surface area (Å²) >= 11 is 0. The smallest absolute Gasteiger partial charge is 0.240 e. The Morgan fingerprint density at radius 2 is 2.15 bits per heavy atom. The van der Waals surface area contributed by atoms with Gasteiger partial charge in [-0.25, -0.2) is 19.6 Å². The molecule has 0 unspecified atom stereocenters. The van der Waals surface area contributed by atoms with Crippen LogP contribution in [0.1, 0.15) is 24.3 Å². The molecule has 6 heteroatoms. The maximum Gasteiger partial charge on any atom is 0.240 e. The van der Waals surface area contributed by atoms with Crippen molar-refractivity contribution >= 4 is 11.0 Å². The zero-order valence-electron chi connectivity index (χ0n) is 11.0. The van der Waals surface area contributed by atoms with Gasteiger partial charge in [0.25, 0.3) is 0 Å². The van der Waals surface area contributed by atoms with Crippen molar-refractivity contribution in [2.24, 2.45) is 0 Å². The van der Waals surface area contributed by atoms with Crippen LogP contribution in [0, 0.1) is 0 Å². The van der Waals surface area contributed by atoms with Crippen LogP contribution in [0.5, 0.6) is 5.88 Å². The average Bonchev–Trinajstić information content (AvgIpc) is 3.26. The molecule has 0 amide bonds. The fraction of sp³-hybridized carbons (Fsp3) is 0.286. The van der Waals surface area contributed by atoms with Gasteiger partial charge in [-0.1, -0.05) is 0 Å². The molecule has 0 aromatic carbocycles. The summed E-state index contributed by atoms with van der Waals surface area (Å²) in [6.07, 6.45) is 9.22. The minimum absolute atomic E-state index is 0.575. The second kappa shape index (κ2) is 4.26. The van der Waals surface area contributed by atoms with Crippen molar-refractivity contribution in [3.05, 3.63) is 36.5 Å². The number of ether oxygens (including phenoxy) is 1. The summed E-state index contributed by atoms with van der Waals surface area (Å²) in [7, 11) is 1.63. The minimum Gasteiger partial charge on any atom is -0.479 e. The summed E-state index contributed by atoms with van der Waals surface area (Å²) in [4.78, 5) is 12.6. The van der Waals surface area contributed by atoms with E-state index in [9.17, 15) is 0 Å². The number of aromatic nitrogens is 5. The Labute approximate surface area is 115 Å². The first-order valence-corrected chi connectivity index (χ1v) is 6.55. The molecular formula is C14H13N5O. The lowest BCUT2D eigenvalue weighted by Crippen LogP contribution is -2.05. The molecule has 4 rings (SSSR count). The molecule has 1 saturated carbocycles. The Morgan fingerprint density at radius 1 is 1.25 bits per heavy atom. The topological polar surface area (TPSA) is 65.7 Å². The van der Waals surface area contributed by atoms with E-state index in [-0.39, 0.29) is 0 Å². The maximum atomic E-state index is 5.42. The molecule has 0 radical (unpaired) electrons. The molecule has 0 spiro atoms. The monoisotopic (exact) mass is 267 g/mol. The number of rotatable bonds is 3. The highest BCUT2D eigenvalue weighted by Gasteiger charge is 2.29. The lowest BCUT2D eigenvalue weighted by molar-refractivity contribution is 0.394. The molecule has 3 heterocycles. The maximum absolute atomic E-state index is 5.42. The van der Waals surface area contributed by atoms with Crippen LogP contribution in [-0.4, -0.2) is 31.8 Å². The van der Waals surface area contributed by atoms with Crippen LogP contribution in [0.3, 0.4) is 0 Å². The summed E-state index contributed by atoms with van der Waals surface area (Å²) in [5.41, 5.74) is 3.81. The van der Waals surface area contributed by atoms with Crippen molar-refractivity contribution in [3.63, 3.8) is 0 Å². The molecule has 3 aromatic heterocycles. The van der Waals surface area contributed by atoms with E-state index >= 15 is 0 Å². The Kier molecular flexibility index (Phi) is 2.42. The zero-order chi connectivity index (χ0) is 13.5. The summed E-state index contributed by atoms with van der Waals surface area (Å²) in [5.74, 6) is 1.16. The molecule has 1 aliphatic rings. The summed E-state index contributed by atoms with van der Waals surface area (Å²) < 4.78 is 7.25. The minimum atomic E-state index is 0.575. The van der Waals surface area contributed by atoms with E-state index in [0.29, 0.717) is 11.8 Å². The van der Waals surface area contributed by atoms with Gasteiger partial charge >= 0.3 is 0 Å². The highest BCUT2D eigenvalue weighted by atomic mass is 16.5. The van der Waals surface area contributed by atoms with E-state index in [1.54, 1.807) is 25.7 Å². The quantitative estimate of drug-likeness (QED) is 0.727. The number of methoxy groups -OCH3 is 1. The van der Waals surface area contributed by atoms with Gasteiger partial charge in [0, 0.05) is 6.20 Å². The van der Waals surface area contributed by atoms with Crippen molar-refractivity contribution in [2.75, 3.05) is 7.11 Å². The molecule has 3 aromatic rings. The van der Waals surface area contributed by atoms with Gasteiger partial charge < -0.3 is 4.74 Å². The molecule has 20 heavy (non-hydrogen) atoms. The van der Waals surface area contributed by atoms with Crippen LogP contribution < -0.4 is 4.74 Å². The molecule has 100 valence electrons. The van der Waals surface area contributed by atoms with Gasteiger partial charge in [-0.2, -0.15) is 5.10 Å². The average molecular weight is 267 g/mol. The first-order chi connectivity index (χ1) is 9.88. The van der Waals surface area contributed by atoms with Crippen molar-refractivity contribution in [3.8, 4) is 11.6 Å². The van der Waals surface area contributed by atoms with Crippen LogP contribution in [0.2, 0.25) is 0 Å². The first kappa shape index (κ1) is 11.3. The highest BCUT2D eigenvalue weighted by Crippen LogP contribution is 2.44. The molecule has 1 fully saturated rings. The number of nitrogens with zero attached hydrogens (tertiary/aromatic N) is 5. The highest BCUT2D eigenvalue weighted by molar-refractivity contribution is 5.76. The van der Waals surface area contributed by atoms with Gasteiger partial charge in [-0.05, 0) is 30.4 Å². The van der Waals surface area contributed by atoms with Gasteiger partial charge in [0.15, 0.2) is 0 Å². The molecular weight excluding hydrogens is 254 g/mol. The van der Waals surface area contributed by atoms with Crippen LogP contribution in [0.25, 0.3) is 16.7 Å². The molecule has 0 bridgehead atoms. The zero-order valence-corrected chi connectivity index (χ0v) is 11.0. The summed E-state index contributed by atoms with van der Waals surface area (Å²) in [6, 6.07) is 2.05. The first-order valence-electron chi connectivity index (χ1n) is 6.55. The van der Waals surface area contributed by atoms with E-state index in [0.717, 1.165) is 16.7 Å². The van der Waals surface area contributed by atoms with Crippen molar-refractivity contribution < 1.29 is 4.74 Å². The third kappa shape index (κ3) is 1.65. The number of fused-ring (bicyclic) bond motifs is 1. The van der Waals surface area contributed by atoms with Crippen LogP contribution in [0.15, 0.2) is 31.0 Å². The molecule has 6 nitrogen and oxygen atoms in total. The van der Waals surface area contributed by atoms with Gasteiger partial charge in [0.2, 0.25) is 5.88 Å². The van der Waals surface area contributed by atoms with E-state index in [1.165, 1.54) is 24.7 Å². The van der Waals surface area contributed by atoms with E-state index < -0.39 is 0 Å². The lowest BCUT2D eigenvalue weighted by Gasteiger charge is -2.13. The predicted molar refractivity (Wildman–Crippen MR) is 73.0 cm³/mol. The second-order valence-corrected chi connectivity index (χ2v) is 4.88.